The number of allylic oxidation sites excluding steroid dienone is 2. The Labute approximate surface area is 173 Å². The van der Waals surface area contributed by atoms with Crippen LogP contribution in [0.1, 0.15) is 11.1 Å². The van der Waals surface area contributed by atoms with E-state index < -0.39 is 11.9 Å². The van der Waals surface area contributed by atoms with Gasteiger partial charge in [0.2, 0.25) is 0 Å². The van der Waals surface area contributed by atoms with E-state index in [2.05, 4.69) is 11.5 Å². The molecule has 0 radical (unpaired) electrons. The van der Waals surface area contributed by atoms with Crippen molar-refractivity contribution in [2.24, 2.45) is 0 Å². The van der Waals surface area contributed by atoms with Crippen molar-refractivity contribution in [1.82, 2.24) is 0 Å². The number of hydrogen-bond donors (Lipinski definition) is 2. The van der Waals surface area contributed by atoms with Crippen molar-refractivity contribution >= 4 is 35.1 Å². The van der Waals surface area contributed by atoms with Gasteiger partial charge in [-0.1, -0.05) is 71.8 Å². The van der Waals surface area contributed by atoms with Crippen molar-refractivity contribution in [2.75, 3.05) is 0 Å². The summed E-state index contributed by atoms with van der Waals surface area (Å²) >= 11 is 11.6. The number of halogens is 2. The van der Waals surface area contributed by atoms with Gasteiger partial charge in [-0.25, -0.2) is 0 Å². The summed E-state index contributed by atoms with van der Waals surface area (Å²) in [6.07, 6.45) is 3.48. The molecule has 150 valence electrons. The third-order valence-corrected chi connectivity index (χ3v) is 3.77. The molecular weight excluding hydrogens is 403 g/mol. The van der Waals surface area contributed by atoms with E-state index in [4.69, 9.17) is 23.2 Å². The summed E-state index contributed by atoms with van der Waals surface area (Å²) in [7, 11) is 0. The van der Waals surface area contributed by atoms with E-state index in [-0.39, 0.29) is 0 Å². The summed E-state index contributed by atoms with van der Waals surface area (Å²) < 4.78 is 0. The fourth-order valence-corrected chi connectivity index (χ4v) is 2.13. The monoisotopic (exact) mass is 424 g/mol. The fraction of sp³-hybridized carbons (Fsp3) is 0.100. The highest BCUT2D eigenvalue weighted by Gasteiger charge is 1.95. The smallest absolute Gasteiger partial charge is 0.101 e. The Balaban J connectivity index is 0.000000391. The van der Waals surface area contributed by atoms with Gasteiger partial charge in [0.25, 0.3) is 0 Å². The van der Waals surface area contributed by atoms with Gasteiger partial charge in [0.1, 0.15) is 13.1 Å². The highest BCUT2D eigenvalue weighted by molar-refractivity contribution is 6.31. The van der Waals surface area contributed by atoms with Gasteiger partial charge in [-0.3, -0.25) is 0 Å². The molecule has 0 unspecified atom stereocenters. The van der Waals surface area contributed by atoms with Crippen LogP contribution in [0.2, 0.25) is 10.0 Å². The molecule has 8 heteroatoms. The van der Waals surface area contributed by atoms with Gasteiger partial charge in [0, 0.05) is 21.2 Å². The first-order chi connectivity index (χ1) is 13.3. The molecule has 0 spiro atoms. The van der Waals surface area contributed by atoms with Crippen molar-refractivity contribution in [3.63, 3.8) is 0 Å². The lowest BCUT2D eigenvalue weighted by Crippen LogP contribution is -2.47. The Hall–Kier alpha value is -2.64. The number of rotatable bonds is 5. The van der Waals surface area contributed by atoms with E-state index in [1.807, 2.05) is 48.5 Å². The van der Waals surface area contributed by atoms with Gasteiger partial charge in [0.15, 0.2) is 0 Å². The summed E-state index contributed by atoms with van der Waals surface area (Å²) in [5, 5.41) is 20.9. The first-order valence-electron chi connectivity index (χ1n) is 8.13. The van der Waals surface area contributed by atoms with Crippen LogP contribution in [0.5, 0.6) is 0 Å². The van der Waals surface area contributed by atoms with Crippen molar-refractivity contribution in [3.05, 3.63) is 94.0 Å². The minimum absolute atomic E-state index is 0.708. The van der Waals surface area contributed by atoms with Crippen LogP contribution >= 0.6 is 23.2 Å². The largest absolute Gasteiger partial charge is 0.545 e. The van der Waals surface area contributed by atoms with Crippen LogP contribution in [-0.2, 0) is 22.7 Å². The minimum Gasteiger partial charge on any atom is -0.545 e. The number of benzene rings is 2. The summed E-state index contributed by atoms with van der Waals surface area (Å²) in [5.41, 5.74) is 9.69. The quantitative estimate of drug-likeness (QED) is 0.505. The maximum atomic E-state index is 9.65. The van der Waals surface area contributed by atoms with Crippen LogP contribution in [0.4, 0.5) is 0 Å². The lowest BCUT2D eigenvalue weighted by molar-refractivity contribution is -0.386. The molecule has 6 nitrogen and oxygen atoms in total. The van der Waals surface area contributed by atoms with Gasteiger partial charge >= 0.3 is 0 Å². The average molecular weight is 425 g/mol. The maximum absolute atomic E-state index is 9.65. The van der Waals surface area contributed by atoms with Crippen LogP contribution in [0.3, 0.4) is 0 Å². The molecule has 0 aliphatic carbocycles. The first-order valence-corrected chi connectivity index (χ1v) is 8.89. The van der Waals surface area contributed by atoms with Gasteiger partial charge < -0.3 is 31.3 Å². The van der Waals surface area contributed by atoms with Crippen LogP contribution in [0, 0.1) is 0 Å². The van der Waals surface area contributed by atoms with E-state index >= 15 is 0 Å². The number of carbonyl (C=O) groups excluding carboxylic acids is 2. The van der Waals surface area contributed by atoms with Gasteiger partial charge in [0.05, 0.1) is 11.9 Å². The van der Waals surface area contributed by atoms with Crippen LogP contribution in [-0.4, -0.2) is 11.9 Å². The Morgan fingerprint density at radius 1 is 0.750 bits per heavy atom. The highest BCUT2D eigenvalue weighted by Crippen LogP contribution is 2.13. The molecule has 0 aromatic heterocycles. The molecule has 0 amide bonds. The van der Waals surface area contributed by atoms with E-state index in [0.717, 1.165) is 46.4 Å². The van der Waals surface area contributed by atoms with Gasteiger partial charge in [-0.15, -0.1) is 0 Å². The normalized spacial score (nSPS) is 10.0. The molecular formula is C20H22Cl2N2O4. The lowest BCUT2D eigenvalue weighted by Gasteiger charge is -1.94. The van der Waals surface area contributed by atoms with E-state index in [0.29, 0.717) is 12.2 Å². The first kappa shape index (κ1) is 25.4. The second-order valence-electron chi connectivity index (χ2n) is 5.04. The molecule has 0 saturated carbocycles. The third-order valence-electron chi connectivity index (χ3n) is 3.03. The van der Waals surface area contributed by atoms with Crippen molar-refractivity contribution in [2.45, 2.75) is 13.1 Å². The number of quaternary nitrogens is 2. The zero-order chi connectivity index (χ0) is 21.4. The van der Waals surface area contributed by atoms with Crippen molar-refractivity contribution < 1.29 is 31.3 Å². The predicted octanol–water partition coefficient (Wildman–Crippen LogP) is -0.238. The molecule has 0 aliphatic rings. The van der Waals surface area contributed by atoms with Crippen molar-refractivity contribution in [1.29, 1.82) is 0 Å². The maximum Gasteiger partial charge on any atom is 0.101 e. The third kappa shape index (κ3) is 12.7. The Morgan fingerprint density at radius 2 is 1.07 bits per heavy atom. The van der Waals surface area contributed by atoms with E-state index in [1.54, 1.807) is 0 Å². The van der Waals surface area contributed by atoms with Crippen LogP contribution < -0.4 is 21.7 Å². The minimum atomic E-state index is -1.37. The highest BCUT2D eigenvalue weighted by atomic mass is 35.5. The Bertz CT molecular complexity index is 741. The van der Waals surface area contributed by atoms with Crippen LogP contribution in [0.25, 0.3) is 0 Å². The van der Waals surface area contributed by atoms with Crippen LogP contribution in [0.15, 0.2) is 72.8 Å². The van der Waals surface area contributed by atoms with Gasteiger partial charge in [-0.2, -0.15) is 0 Å². The zero-order valence-electron chi connectivity index (χ0n) is 15.1. The second-order valence-corrected chi connectivity index (χ2v) is 5.85. The second kappa shape index (κ2) is 15.4. The van der Waals surface area contributed by atoms with E-state index in [1.165, 1.54) is 0 Å². The summed E-state index contributed by atoms with van der Waals surface area (Å²) in [4.78, 5) is 19.3. The molecule has 2 aromatic rings. The molecule has 0 fully saturated rings. The summed E-state index contributed by atoms with van der Waals surface area (Å²) in [5.74, 6) is -2.74. The predicted molar refractivity (Wildman–Crippen MR) is 104 cm³/mol. The molecule has 0 saturated heterocycles. The standard InChI is InChI=1S/2C7H8ClN.C6H6O4/c2*8-7-4-2-1-3-6(7)5-9;7-5(8)3-1-2-4-6(9)10/h2*1-4H,5,9H2;1-4H,(H,7,8)(H,9,10)/b;;3-1-,4-2-. The molecule has 2 aromatic carbocycles. The molecule has 0 heterocycles. The average Bonchev–Trinajstić information content (AvgIpc) is 2.67. The molecule has 0 bridgehead atoms. The van der Waals surface area contributed by atoms with E-state index in [9.17, 15) is 19.8 Å². The topological polar surface area (TPSA) is 136 Å². The number of carboxylic acid groups (broad SMARTS) is 2. The Kier molecular flexibility index (Phi) is 14.0. The molecule has 0 aliphatic heterocycles. The number of hydrogen-bond acceptors (Lipinski definition) is 4. The van der Waals surface area contributed by atoms with Gasteiger partial charge in [-0.05, 0) is 24.3 Å². The fourth-order valence-electron chi connectivity index (χ4n) is 1.67. The molecule has 0 atom stereocenters. The summed E-state index contributed by atoms with van der Waals surface area (Å²) in [6.45, 7) is 1.53. The number of carboxylic acids is 2. The summed E-state index contributed by atoms with van der Waals surface area (Å²) in [6, 6.07) is 15.5. The molecule has 6 N–H and O–H groups in total. The SMILES string of the molecule is O=C([O-])/C=C\C=C/C(=O)[O-].[NH3+]Cc1ccccc1Cl.[NH3+]Cc1ccccc1Cl. The number of carbonyl (C=O) groups is 2. The molecule has 28 heavy (non-hydrogen) atoms. The van der Waals surface area contributed by atoms with Crippen molar-refractivity contribution in [3.8, 4) is 0 Å². The Morgan fingerprint density at radius 3 is 1.29 bits per heavy atom. The number of aliphatic carboxylic acids is 2. The molecule has 2 rings (SSSR count). The lowest BCUT2D eigenvalue weighted by atomic mass is 10.2. The zero-order valence-corrected chi connectivity index (χ0v) is 16.7.